The fourth-order valence-electron chi connectivity index (χ4n) is 2.47. The van der Waals surface area contributed by atoms with E-state index in [4.69, 9.17) is 34.8 Å². The van der Waals surface area contributed by atoms with Gasteiger partial charge in [-0.25, -0.2) is 5.01 Å². The van der Waals surface area contributed by atoms with Crippen LogP contribution < -0.4 is 10.3 Å². The molecule has 0 aliphatic carbocycles. The Morgan fingerprint density at radius 2 is 1.96 bits per heavy atom. The van der Waals surface area contributed by atoms with Crippen molar-refractivity contribution in [2.24, 2.45) is 11.0 Å². The highest BCUT2D eigenvalue weighted by Gasteiger charge is 2.49. The molecule has 2 unspecified atom stereocenters. The van der Waals surface area contributed by atoms with Gasteiger partial charge < -0.3 is 5.32 Å². The summed E-state index contributed by atoms with van der Waals surface area (Å²) in [7, 11) is 0. The predicted octanol–water partition coefficient (Wildman–Crippen LogP) is 3.29. The van der Waals surface area contributed by atoms with E-state index < -0.39 is 15.8 Å². The number of hydrazone groups is 1. The predicted molar refractivity (Wildman–Crippen MR) is 93.0 cm³/mol. The van der Waals surface area contributed by atoms with E-state index >= 15 is 0 Å². The smallest absolute Gasteiger partial charge is 0.258 e. The first-order valence-electron chi connectivity index (χ1n) is 7.06. The molecule has 1 aromatic rings. The maximum absolute atomic E-state index is 12.8. The van der Waals surface area contributed by atoms with E-state index in [9.17, 15) is 9.59 Å². The third-order valence-corrected chi connectivity index (χ3v) is 4.18. The Morgan fingerprint density at radius 1 is 1.35 bits per heavy atom. The van der Waals surface area contributed by atoms with Crippen LogP contribution in [-0.4, -0.2) is 27.4 Å². The minimum absolute atomic E-state index is 0.335. The fraction of sp³-hybridized carbons (Fsp3) is 0.400. The molecule has 0 saturated carbocycles. The number of halogens is 3. The monoisotopic (exact) mass is 375 g/mol. The molecular weight excluding hydrogens is 361 g/mol. The molecule has 2 rings (SSSR count). The van der Waals surface area contributed by atoms with Gasteiger partial charge in [-0.05, 0) is 18.6 Å². The van der Waals surface area contributed by atoms with E-state index in [-0.39, 0.29) is 11.8 Å². The maximum atomic E-state index is 12.8. The third-order valence-electron chi connectivity index (χ3n) is 3.47. The Bertz CT molecular complexity index is 629. The molecule has 5 nitrogen and oxygen atoms in total. The van der Waals surface area contributed by atoms with Crippen molar-refractivity contribution in [1.29, 1.82) is 0 Å². The van der Waals surface area contributed by atoms with Gasteiger partial charge in [-0.3, -0.25) is 9.59 Å². The van der Waals surface area contributed by atoms with Crippen molar-refractivity contribution in [1.82, 2.24) is 5.32 Å². The second-order valence-corrected chi connectivity index (χ2v) is 7.50. The van der Waals surface area contributed by atoms with Gasteiger partial charge in [0, 0.05) is 6.92 Å². The quantitative estimate of drug-likeness (QED) is 0.820. The summed E-state index contributed by atoms with van der Waals surface area (Å²) in [6.45, 7) is 3.16. The Hall–Kier alpha value is -1.30. The zero-order valence-corrected chi connectivity index (χ0v) is 14.9. The van der Waals surface area contributed by atoms with Gasteiger partial charge in [-0.15, -0.1) is 0 Å². The van der Waals surface area contributed by atoms with E-state index in [2.05, 4.69) is 10.4 Å². The fourth-order valence-corrected chi connectivity index (χ4v) is 3.01. The van der Waals surface area contributed by atoms with Gasteiger partial charge in [0.05, 0.1) is 17.4 Å². The second kappa shape index (κ2) is 7.07. The molecule has 1 aliphatic rings. The van der Waals surface area contributed by atoms with Gasteiger partial charge in [-0.1, -0.05) is 59.9 Å². The van der Waals surface area contributed by atoms with Crippen LogP contribution in [0, 0.1) is 5.92 Å². The summed E-state index contributed by atoms with van der Waals surface area (Å²) >= 11 is 18.0. The molecule has 23 heavy (non-hydrogen) atoms. The molecule has 1 aromatic carbocycles. The molecule has 2 atom stereocenters. The zero-order valence-electron chi connectivity index (χ0n) is 12.6. The van der Waals surface area contributed by atoms with Crippen LogP contribution in [-0.2, 0) is 9.59 Å². The highest BCUT2D eigenvalue weighted by molar-refractivity contribution is 6.68. The lowest BCUT2D eigenvalue weighted by Gasteiger charge is -2.30. The molecular formula is C15H16Cl3N3O2. The average molecular weight is 377 g/mol. The van der Waals surface area contributed by atoms with Crippen LogP contribution in [0.4, 0.5) is 5.69 Å². The van der Waals surface area contributed by atoms with Crippen molar-refractivity contribution < 1.29 is 9.59 Å². The van der Waals surface area contributed by atoms with E-state index in [1.165, 1.54) is 11.9 Å². The molecule has 8 heteroatoms. The van der Waals surface area contributed by atoms with E-state index in [1.54, 1.807) is 24.3 Å². The Balaban J connectivity index is 2.40. The average Bonchev–Trinajstić information content (AvgIpc) is 2.81. The zero-order chi connectivity index (χ0) is 17.2. The molecule has 0 aromatic heterocycles. The minimum atomic E-state index is -1.84. The normalized spacial score (nSPS) is 19.5. The number of hydrogen-bond acceptors (Lipinski definition) is 3. The van der Waals surface area contributed by atoms with Crippen molar-refractivity contribution in [3.8, 4) is 0 Å². The largest absolute Gasteiger partial charge is 0.348 e. The number of amides is 2. The van der Waals surface area contributed by atoms with Gasteiger partial charge in [0.1, 0.15) is 5.92 Å². The van der Waals surface area contributed by atoms with Crippen molar-refractivity contribution >= 4 is 58.0 Å². The number of para-hydroxylation sites is 1. The Kier molecular flexibility index (Phi) is 5.55. The van der Waals surface area contributed by atoms with Gasteiger partial charge in [0.2, 0.25) is 9.70 Å². The summed E-state index contributed by atoms with van der Waals surface area (Å²) in [5, 5.41) is 8.21. The van der Waals surface area contributed by atoms with E-state index in [1.807, 2.05) is 13.0 Å². The summed E-state index contributed by atoms with van der Waals surface area (Å²) in [5.74, 6) is -1.54. The van der Waals surface area contributed by atoms with Crippen LogP contribution in [0.15, 0.2) is 35.4 Å². The van der Waals surface area contributed by atoms with E-state index in [0.717, 1.165) is 0 Å². The van der Waals surface area contributed by atoms with Crippen LogP contribution in [0.1, 0.15) is 20.3 Å². The lowest BCUT2D eigenvalue weighted by atomic mass is 9.93. The topological polar surface area (TPSA) is 61.8 Å². The van der Waals surface area contributed by atoms with Crippen LogP contribution in [0.2, 0.25) is 0 Å². The van der Waals surface area contributed by atoms with Gasteiger partial charge >= 0.3 is 0 Å². The first-order chi connectivity index (χ1) is 10.8. The number of rotatable bonds is 4. The number of carbonyl (C=O) groups is 2. The van der Waals surface area contributed by atoms with Crippen molar-refractivity contribution in [3.63, 3.8) is 0 Å². The first kappa shape index (κ1) is 18.0. The number of alkyl halides is 3. The molecule has 0 bridgehead atoms. The van der Waals surface area contributed by atoms with Gasteiger partial charge in [-0.2, -0.15) is 5.10 Å². The summed E-state index contributed by atoms with van der Waals surface area (Å²) in [6.07, 6.45) is 0.497. The third kappa shape index (κ3) is 3.97. The summed E-state index contributed by atoms with van der Waals surface area (Å²) in [6, 6.07) is 7.98. The van der Waals surface area contributed by atoms with Crippen LogP contribution in [0.3, 0.4) is 0 Å². The molecule has 0 spiro atoms. The number of anilines is 1. The summed E-state index contributed by atoms with van der Waals surface area (Å²) in [4.78, 5) is 24.3. The lowest BCUT2D eigenvalue weighted by molar-refractivity contribution is -0.122. The molecule has 1 N–H and O–H groups in total. The maximum Gasteiger partial charge on any atom is 0.258 e. The van der Waals surface area contributed by atoms with Crippen LogP contribution in [0.25, 0.3) is 0 Å². The lowest BCUT2D eigenvalue weighted by Crippen LogP contribution is -2.53. The SMILES string of the molecule is CCC1=NN(c2ccccc2)C(=O)C1C(NC(C)=O)C(Cl)(Cl)Cl. The molecule has 0 fully saturated rings. The molecule has 0 saturated heterocycles. The Labute approximate surface area is 149 Å². The van der Waals surface area contributed by atoms with Crippen LogP contribution in [0.5, 0.6) is 0 Å². The summed E-state index contributed by atoms with van der Waals surface area (Å²) < 4.78 is -1.84. The van der Waals surface area contributed by atoms with Crippen molar-refractivity contribution in [3.05, 3.63) is 30.3 Å². The number of benzene rings is 1. The highest BCUT2D eigenvalue weighted by atomic mass is 35.6. The molecule has 1 heterocycles. The summed E-state index contributed by atoms with van der Waals surface area (Å²) in [5.41, 5.74) is 1.18. The van der Waals surface area contributed by atoms with Crippen molar-refractivity contribution in [2.45, 2.75) is 30.1 Å². The first-order valence-corrected chi connectivity index (χ1v) is 8.19. The van der Waals surface area contributed by atoms with Crippen molar-refractivity contribution in [2.75, 3.05) is 5.01 Å². The molecule has 1 aliphatic heterocycles. The standard InChI is InChI=1S/C15H16Cl3N3O2/c1-3-11-12(13(15(16,17)18)19-9(2)22)14(23)21(20-11)10-7-5-4-6-8-10/h4-8,12-13H,3H2,1-2H3,(H,19,22). The molecule has 124 valence electrons. The number of carbonyl (C=O) groups excluding carboxylic acids is 2. The second-order valence-electron chi connectivity index (χ2n) is 5.13. The molecule has 2 amide bonds. The minimum Gasteiger partial charge on any atom is -0.348 e. The van der Waals surface area contributed by atoms with Gasteiger partial charge in [0.25, 0.3) is 5.91 Å². The van der Waals surface area contributed by atoms with E-state index in [0.29, 0.717) is 17.8 Å². The number of nitrogens with zero attached hydrogens (tertiary/aromatic N) is 2. The van der Waals surface area contributed by atoms with Gasteiger partial charge in [0.15, 0.2) is 0 Å². The Morgan fingerprint density at radius 3 is 2.43 bits per heavy atom. The number of hydrogen-bond donors (Lipinski definition) is 1. The van der Waals surface area contributed by atoms with Crippen LogP contribution >= 0.6 is 34.8 Å². The molecule has 0 radical (unpaired) electrons. The highest BCUT2D eigenvalue weighted by Crippen LogP contribution is 2.38. The number of nitrogens with one attached hydrogen (secondary N) is 1.